The molecule has 2 N–H and O–H groups in total. The number of esters is 1. The molecule has 0 saturated carbocycles. The second-order valence-corrected chi connectivity index (χ2v) is 8.19. The lowest BCUT2D eigenvalue weighted by Gasteiger charge is -2.28. The third kappa shape index (κ3) is 3.65. The standard InChI is InChI=1S/C27H22O9/c1-32-19-9-8-15(25(33-2)26(19)34-3)16-10-22(31)35-21-12-18(30)24-17(29)11-20(36-27(24)23(16)21)13-4-6-14(28)7-5-13/h4-9,11-12,16,28,30H,10H2,1-3H3/t16-/m1/s1. The molecule has 0 bridgehead atoms. The smallest absolute Gasteiger partial charge is 0.312 e. The number of hydrogen-bond donors (Lipinski definition) is 2. The van der Waals surface area contributed by atoms with Crippen LogP contribution in [0.1, 0.15) is 23.5 Å². The van der Waals surface area contributed by atoms with E-state index in [1.165, 1.54) is 45.6 Å². The lowest BCUT2D eigenvalue weighted by atomic mass is 9.84. The Kier molecular flexibility index (Phi) is 5.68. The molecule has 9 nitrogen and oxygen atoms in total. The number of phenolic OH excluding ortho intramolecular Hbond substituents is 2. The zero-order chi connectivity index (χ0) is 25.6. The van der Waals surface area contributed by atoms with E-state index in [9.17, 15) is 19.8 Å². The van der Waals surface area contributed by atoms with E-state index >= 15 is 0 Å². The van der Waals surface area contributed by atoms with Gasteiger partial charge in [-0.25, -0.2) is 0 Å². The summed E-state index contributed by atoms with van der Waals surface area (Å²) < 4.78 is 28.2. The number of aromatic hydroxyl groups is 2. The van der Waals surface area contributed by atoms with Crippen molar-refractivity contribution in [2.45, 2.75) is 12.3 Å². The van der Waals surface area contributed by atoms with E-state index in [0.717, 1.165) is 0 Å². The lowest BCUT2D eigenvalue weighted by molar-refractivity contribution is -0.135. The monoisotopic (exact) mass is 490 g/mol. The van der Waals surface area contributed by atoms with E-state index in [1.54, 1.807) is 24.3 Å². The number of benzene rings is 3. The van der Waals surface area contributed by atoms with Crippen LogP contribution in [0.25, 0.3) is 22.3 Å². The van der Waals surface area contributed by atoms with Gasteiger partial charge in [0, 0.05) is 34.7 Å². The van der Waals surface area contributed by atoms with Crippen LogP contribution < -0.4 is 24.4 Å². The second kappa shape index (κ2) is 8.84. The number of ether oxygens (including phenoxy) is 4. The zero-order valence-electron chi connectivity index (χ0n) is 19.7. The van der Waals surface area contributed by atoms with Gasteiger partial charge in [0.15, 0.2) is 16.9 Å². The normalized spacial score (nSPS) is 14.8. The molecule has 0 aliphatic carbocycles. The van der Waals surface area contributed by atoms with Crippen LogP contribution in [0.4, 0.5) is 0 Å². The second-order valence-electron chi connectivity index (χ2n) is 8.19. The van der Waals surface area contributed by atoms with Crippen molar-refractivity contribution in [3.63, 3.8) is 0 Å². The summed E-state index contributed by atoms with van der Waals surface area (Å²) in [5, 5.41) is 20.2. The SMILES string of the molecule is COc1ccc([C@H]2CC(=O)Oc3cc(O)c4c(=O)cc(-c5ccc(O)cc5)oc4c32)c(OC)c1OC. The van der Waals surface area contributed by atoms with Gasteiger partial charge in [0.05, 0.1) is 27.8 Å². The van der Waals surface area contributed by atoms with Gasteiger partial charge in [0.1, 0.15) is 34.0 Å². The molecule has 5 rings (SSSR count). The minimum atomic E-state index is -0.655. The third-order valence-electron chi connectivity index (χ3n) is 6.19. The first kappa shape index (κ1) is 23.1. The molecule has 9 heteroatoms. The van der Waals surface area contributed by atoms with Crippen molar-refractivity contribution in [1.29, 1.82) is 0 Å². The molecule has 3 aromatic carbocycles. The number of hydrogen-bond acceptors (Lipinski definition) is 9. The zero-order valence-corrected chi connectivity index (χ0v) is 19.7. The topological polar surface area (TPSA) is 125 Å². The molecule has 0 amide bonds. The molecule has 1 atom stereocenters. The summed E-state index contributed by atoms with van der Waals surface area (Å²) in [6, 6.07) is 12.1. The Labute approximate surface area is 205 Å². The van der Waals surface area contributed by atoms with E-state index in [4.69, 9.17) is 23.4 Å². The summed E-state index contributed by atoms with van der Waals surface area (Å²) >= 11 is 0. The highest BCUT2D eigenvalue weighted by atomic mass is 16.5. The first-order chi connectivity index (χ1) is 17.4. The van der Waals surface area contributed by atoms with Gasteiger partial charge in [-0.05, 0) is 30.3 Å². The fourth-order valence-electron chi connectivity index (χ4n) is 4.59. The Morgan fingerprint density at radius 3 is 2.28 bits per heavy atom. The predicted molar refractivity (Wildman–Crippen MR) is 129 cm³/mol. The molecule has 1 aliphatic rings. The first-order valence-corrected chi connectivity index (χ1v) is 11.0. The first-order valence-electron chi connectivity index (χ1n) is 11.0. The van der Waals surface area contributed by atoms with Gasteiger partial charge in [-0.15, -0.1) is 0 Å². The molecule has 0 unspecified atom stereocenters. The van der Waals surface area contributed by atoms with E-state index in [0.29, 0.717) is 33.9 Å². The maximum Gasteiger partial charge on any atom is 0.312 e. The van der Waals surface area contributed by atoms with Gasteiger partial charge in [0.2, 0.25) is 5.75 Å². The molecule has 1 aliphatic heterocycles. The largest absolute Gasteiger partial charge is 0.508 e. The van der Waals surface area contributed by atoms with E-state index < -0.39 is 17.3 Å². The van der Waals surface area contributed by atoms with Crippen LogP contribution in [0.15, 0.2) is 57.7 Å². The third-order valence-corrected chi connectivity index (χ3v) is 6.19. The fourth-order valence-corrected chi connectivity index (χ4v) is 4.59. The number of carbonyl (C=O) groups is 1. The van der Waals surface area contributed by atoms with Gasteiger partial charge in [-0.1, -0.05) is 6.07 Å². The van der Waals surface area contributed by atoms with Gasteiger partial charge in [-0.2, -0.15) is 0 Å². The number of phenols is 2. The summed E-state index contributed by atoms with van der Waals surface area (Å²) in [5.74, 6) is -0.0785. The van der Waals surface area contributed by atoms with Crippen LogP contribution >= 0.6 is 0 Å². The van der Waals surface area contributed by atoms with Gasteiger partial charge in [-0.3, -0.25) is 9.59 Å². The Morgan fingerprint density at radius 2 is 1.61 bits per heavy atom. The van der Waals surface area contributed by atoms with Gasteiger partial charge in [0.25, 0.3) is 0 Å². The molecular weight excluding hydrogens is 468 g/mol. The number of methoxy groups -OCH3 is 3. The van der Waals surface area contributed by atoms with Crippen molar-refractivity contribution in [3.8, 4) is 45.8 Å². The van der Waals surface area contributed by atoms with Crippen LogP contribution in [0, 0.1) is 0 Å². The highest BCUT2D eigenvalue weighted by molar-refractivity contribution is 5.93. The summed E-state index contributed by atoms with van der Waals surface area (Å²) in [6.07, 6.45) is -0.0775. The molecule has 0 spiro atoms. The van der Waals surface area contributed by atoms with E-state index in [1.807, 2.05) is 0 Å². The highest BCUT2D eigenvalue weighted by Gasteiger charge is 2.36. The molecule has 0 radical (unpaired) electrons. The summed E-state index contributed by atoms with van der Waals surface area (Å²) in [4.78, 5) is 25.7. The van der Waals surface area contributed by atoms with Crippen LogP contribution in [0.3, 0.4) is 0 Å². The van der Waals surface area contributed by atoms with E-state index in [-0.39, 0.29) is 40.4 Å². The molecule has 0 saturated heterocycles. The summed E-state index contributed by atoms with van der Waals surface area (Å²) in [7, 11) is 4.45. The summed E-state index contributed by atoms with van der Waals surface area (Å²) in [5.41, 5.74) is 1.13. The van der Waals surface area contributed by atoms with Crippen molar-refractivity contribution in [2.24, 2.45) is 0 Å². The van der Waals surface area contributed by atoms with E-state index in [2.05, 4.69) is 0 Å². The van der Waals surface area contributed by atoms with Crippen molar-refractivity contribution in [2.75, 3.05) is 21.3 Å². The average Bonchev–Trinajstić information content (AvgIpc) is 2.86. The Balaban J connectivity index is 1.83. The molecule has 36 heavy (non-hydrogen) atoms. The maximum atomic E-state index is 13.1. The van der Waals surface area contributed by atoms with Crippen molar-refractivity contribution < 1.29 is 38.4 Å². The molecule has 4 aromatic rings. The van der Waals surface area contributed by atoms with Crippen LogP contribution in [0.2, 0.25) is 0 Å². The van der Waals surface area contributed by atoms with Crippen LogP contribution in [0.5, 0.6) is 34.5 Å². The number of fused-ring (bicyclic) bond motifs is 3. The minimum absolute atomic E-state index is 0.0429. The van der Waals surface area contributed by atoms with Crippen LogP contribution in [-0.4, -0.2) is 37.5 Å². The fraction of sp³-hybridized carbons (Fsp3) is 0.185. The average molecular weight is 490 g/mol. The van der Waals surface area contributed by atoms with Crippen molar-refractivity contribution in [3.05, 3.63) is 69.9 Å². The lowest BCUT2D eigenvalue weighted by Crippen LogP contribution is -2.22. The minimum Gasteiger partial charge on any atom is -0.508 e. The molecule has 2 heterocycles. The van der Waals surface area contributed by atoms with Crippen molar-refractivity contribution >= 4 is 16.9 Å². The Hall–Kier alpha value is -4.66. The molecule has 184 valence electrons. The van der Waals surface area contributed by atoms with Crippen molar-refractivity contribution in [1.82, 2.24) is 0 Å². The Morgan fingerprint density at radius 1 is 0.889 bits per heavy atom. The molecule has 1 aromatic heterocycles. The van der Waals surface area contributed by atoms with Gasteiger partial charge < -0.3 is 33.6 Å². The quantitative estimate of drug-likeness (QED) is 0.310. The summed E-state index contributed by atoms with van der Waals surface area (Å²) in [6.45, 7) is 0. The highest BCUT2D eigenvalue weighted by Crippen LogP contribution is 2.51. The maximum absolute atomic E-state index is 13.1. The van der Waals surface area contributed by atoms with Crippen LogP contribution in [-0.2, 0) is 4.79 Å². The Bertz CT molecular complexity index is 1550. The molecular formula is C27H22O9. The molecule has 0 fully saturated rings. The predicted octanol–water partition coefficient (Wildman–Crippen LogP) is 4.34. The van der Waals surface area contributed by atoms with Gasteiger partial charge >= 0.3 is 5.97 Å². The number of rotatable bonds is 5. The number of carbonyl (C=O) groups excluding carboxylic acids is 1.